The fourth-order valence-corrected chi connectivity index (χ4v) is 3.46. The molecule has 2 heterocycles. The summed E-state index contributed by atoms with van der Waals surface area (Å²) in [5.74, 6) is 0.851. The van der Waals surface area contributed by atoms with Crippen molar-refractivity contribution in [2.75, 3.05) is 5.32 Å². The molecule has 4 aromatic rings. The zero-order valence-electron chi connectivity index (χ0n) is 16.3. The molecule has 0 saturated heterocycles. The summed E-state index contributed by atoms with van der Waals surface area (Å²) in [5.41, 5.74) is 11.8. The van der Waals surface area contributed by atoms with Gasteiger partial charge in [0.15, 0.2) is 0 Å². The molecule has 29 heavy (non-hydrogen) atoms. The molecule has 3 N–H and O–H groups in total. The third kappa shape index (κ3) is 3.65. The highest BCUT2D eigenvalue weighted by molar-refractivity contribution is 5.82. The number of para-hydroxylation sites is 1. The molecule has 0 aliphatic rings. The van der Waals surface area contributed by atoms with Crippen molar-refractivity contribution in [2.24, 2.45) is 5.73 Å². The number of ether oxygens (including phenoxy) is 1. The van der Waals surface area contributed by atoms with Crippen LogP contribution in [0.4, 0.5) is 16.3 Å². The van der Waals surface area contributed by atoms with Crippen molar-refractivity contribution in [2.45, 2.75) is 20.5 Å². The summed E-state index contributed by atoms with van der Waals surface area (Å²) in [4.78, 5) is 16.0. The lowest BCUT2D eigenvalue weighted by Crippen LogP contribution is -2.13. The summed E-state index contributed by atoms with van der Waals surface area (Å²) >= 11 is 0. The lowest BCUT2D eigenvalue weighted by molar-refractivity contribution is 0.150. The van der Waals surface area contributed by atoms with Gasteiger partial charge in [0.25, 0.3) is 0 Å². The molecular weight excluding hydrogens is 364 g/mol. The van der Waals surface area contributed by atoms with E-state index in [-0.39, 0.29) is 6.61 Å². The maximum Gasteiger partial charge on any atom is 0.404 e. The van der Waals surface area contributed by atoms with Gasteiger partial charge in [-0.3, -0.25) is 4.40 Å². The van der Waals surface area contributed by atoms with Gasteiger partial charge in [0.1, 0.15) is 23.8 Å². The van der Waals surface area contributed by atoms with E-state index in [1.807, 2.05) is 59.1 Å². The van der Waals surface area contributed by atoms with Crippen molar-refractivity contribution in [3.63, 3.8) is 0 Å². The Labute approximate surface area is 169 Å². The van der Waals surface area contributed by atoms with Gasteiger partial charge in [-0.1, -0.05) is 48.5 Å². The molecule has 4 rings (SSSR count). The minimum Gasteiger partial charge on any atom is -0.445 e. The van der Waals surface area contributed by atoms with Gasteiger partial charge in [-0.2, -0.15) is 0 Å². The van der Waals surface area contributed by atoms with E-state index < -0.39 is 6.09 Å². The average Bonchev–Trinajstić information content (AvgIpc) is 3.08. The molecule has 1 amide bonds. The fourth-order valence-electron chi connectivity index (χ4n) is 3.46. The number of benzene rings is 2. The van der Waals surface area contributed by atoms with Gasteiger partial charge < -0.3 is 15.8 Å². The second kappa shape index (κ2) is 7.67. The summed E-state index contributed by atoms with van der Waals surface area (Å²) < 4.78 is 7.07. The topological polar surface area (TPSA) is 81.6 Å². The van der Waals surface area contributed by atoms with Gasteiger partial charge in [-0.15, -0.1) is 0 Å². The highest BCUT2D eigenvalue weighted by atomic mass is 16.5. The average molecular weight is 386 g/mol. The molecule has 0 saturated carbocycles. The first-order valence-corrected chi connectivity index (χ1v) is 9.35. The van der Waals surface area contributed by atoms with Gasteiger partial charge in [0.05, 0.1) is 0 Å². The number of aromatic nitrogens is 2. The molecule has 2 aromatic carbocycles. The Morgan fingerprint density at radius 2 is 1.76 bits per heavy atom. The number of aryl methyl sites for hydroxylation is 2. The number of fused-ring (bicyclic) bond motifs is 1. The normalized spacial score (nSPS) is 10.8. The summed E-state index contributed by atoms with van der Waals surface area (Å²) in [6, 6.07) is 19.8. The van der Waals surface area contributed by atoms with Crippen LogP contribution in [0, 0.1) is 13.8 Å². The van der Waals surface area contributed by atoms with Crippen LogP contribution in [0.1, 0.15) is 16.7 Å². The van der Waals surface area contributed by atoms with Crippen LogP contribution in [0.3, 0.4) is 0 Å². The second-order valence-electron chi connectivity index (χ2n) is 6.89. The Kier molecular flexibility index (Phi) is 4.91. The number of pyridine rings is 1. The minimum absolute atomic E-state index is 0.0855. The van der Waals surface area contributed by atoms with E-state index in [1.54, 1.807) is 0 Å². The number of hydrogen-bond donors (Lipinski definition) is 2. The van der Waals surface area contributed by atoms with Crippen molar-refractivity contribution in [1.82, 2.24) is 9.38 Å². The summed E-state index contributed by atoms with van der Waals surface area (Å²) in [5, 5.41) is 3.59. The van der Waals surface area contributed by atoms with Crippen LogP contribution in [0.5, 0.6) is 0 Å². The van der Waals surface area contributed by atoms with E-state index in [2.05, 4.69) is 31.3 Å². The molecule has 0 aliphatic heterocycles. The van der Waals surface area contributed by atoms with Crippen LogP contribution in [-0.4, -0.2) is 15.5 Å². The van der Waals surface area contributed by atoms with Crippen LogP contribution >= 0.6 is 0 Å². The predicted octanol–water partition coefficient (Wildman–Crippen LogP) is 4.96. The number of carbonyl (C=O) groups excluding carboxylic acids is 1. The Bertz CT molecular complexity index is 1180. The molecular formula is C23H22N4O2. The third-order valence-corrected chi connectivity index (χ3v) is 4.90. The van der Waals surface area contributed by atoms with E-state index in [1.165, 1.54) is 0 Å². The number of hydrogen-bond acceptors (Lipinski definition) is 4. The third-order valence-electron chi connectivity index (χ3n) is 4.90. The summed E-state index contributed by atoms with van der Waals surface area (Å²) in [7, 11) is 0. The number of nitrogens with one attached hydrogen (secondary N) is 1. The molecule has 2 aromatic heterocycles. The second-order valence-corrected chi connectivity index (χ2v) is 6.89. The number of nitrogens with zero attached hydrogens (tertiary/aromatic N) is 2. The van der Waals surface area contributed by atoms with Crippen molar-refractivity contribution < 1.29 is 9.53 Å². The Morgan fingerprint density at radius 3 is 2.52 bits per heavy atom. The largest absolute Gasteiger partial charge is 0.445 e. The van der Waals surface area contributed by atoms with Gasteiger partial charge >= 0.3 is 6.09 Å². The molecule has 0 spiro atoms. The fraction of sp³-hybridized carbons (Fsp3) is 0.130. The molecule has 6 nitrogen and oxygen atoms in total. The number of carbonyl (C=O) groups is 1. The van der Waals surface area contributed by atoms with E-state index in [9.17, 15) is 4.79 Å². The number of amides is 1. The molecule has 0 radical (unpaired) electrons. The Morgan fingerprint density at radius 1 is 1.03 bits per heavy atom. The van der Waals surface area contributed by atoms with Gasteiger partial charge in [-0.05, 0) is 42.7 Å². The number of imidazole rings is 1. The Hall–Kier alpha value is -3.80. The van der Waals surface area contributed by atoms with Gasteiger partial charge in [0.2, 0.25) is 0 Å². The van der Waals surface area contributed by atoms with Crippen molar-refractivity contribution in [3.05, 3.63) is 83.6 Å². The SMILES string of the molecule is Cc1cccc(C)c1Nc1c(-c2ccccc2COC(N)=O)nc2ccccn12. The monoisotopic (exact) mass is 386 g/mol. The van der Waals surface area contributed by atoms with Crippen molar-refractivity contribution in [3.8, 4) is 11.3 Å². The summed E-state index contributed by atoms with van der Waals surface area (Å²) in [6.07, 6.45) is 1.17. The maximum absolute atomic E-state index is 11.1. The number of primary amides is 1. The van der Waals surface area contributed by atoms with Gasteiger partial charge in [-0.25, -0.2) is 9.78 Å². The van der Waals surface area contributed by atoms with Crippen LogP contribution in [-0.2, 0) is 11.3 Å². The van der Waals surface area contributed by atoms with Crippen molar-refractivity contribution in [1.29, 1.82) is 0 Å². The first kappa shape index (κ1) is 18.6. The van der Waals surface area contributed by atoms with Crippen LogP contribution in [0.2, 0.25) is 0 Å². The smallest absolute Gasteiger partial charge is 0.404 e. The number of nitrogens with two attached hydrogens (primary N) is 1. The van der Waals surface area contributed by atoms with Gasteiger partial charge in [0, 0.05) is 17.4 Å². The Balaban J connectivity index is 1.88. The molecule has 146 valence electrons. The van der Waals surface area contributed by atoms with Crippen molar-refractivity contribution >= 4 is 23.2 Å². The highest BCUT2D eigenvalue weighted by Gasteiger charge is 2.18. The zero-order chi connectivity index (χ0) is 20.4. The van der Waals surface area contributed by atoms with Crippen LogP contribution in [0.15, 0.2) is 66.9 Å². The minimum atomic E-state index is -0.802. The molecule has 0 aliphatic carbocycles. The molecule has 0 fully saturated rings. The van der Waals surface area contributed by atoms with E-state index in [4.69, 9.17) is 15.5 Å². The molecule has 0 bridgehead atoms. The lowest BCUT2D eigenvalue weighted by atomic mass is 10.0. The molecule has 6 heteroatoms. The number of anilines is 2. The molecule has 0 unspecified atom stereocenters. The van der Waals surface area contributed by atoms with Crippen LogP contribution in [0.25, 0.3) is 16.9 Å². The molecule has 0 atom stereocenters. The highest BCUT2D eigenvalue weighted by Crippen LogP contribution is 2.35. The van der Waals surface area contributed by atoms with E-state index in [0.29, 0.717) is 0 Å². The standard InChI is InChI=1S/C23H22N4O2/c1-15-8-7-9-16(2)20(15)26-22-21(25-19-12-5-6-13-27(19)22)18-11-4-3-10-17(18)14-29-23(24)28/h3-13,26H,14H2,1-2H3,(H2,24,28). The zero-order valence-corrected chi connectivity index (χ0v) is 16.3. The summed E-state index contributed by atoms with van der Waals surface area (Å²) in [6.45, 7) is 4.24. The predicted molar refractivity (Wildman–Crippen MR) is 114 cm³/mol. The number of rotatable bonds is 5. The quantitative estimate of drug-likeness (QED) is 0.508. The first-order chi connectivity index (χ1) is 14.0. The first-order valence-electron chi connectivity index (χ1n) is 9.35. The van der Waals surface area contributed by atoms with Crippen LogP contribution < -0.4 is 11.1 Å². The maximum atomic E-state index is 11.1. The lowest BCUT2D eigenvalue weighted by Gasteiger charge is -2.15. The van der Waals surface area contributed by atoms with E-state index in [0.717, 1.165) is 45.1 Å². The van der Waals surface area contributed by atoms with E-state index >= 15 is 0 Å².